The molecule has 0 saturated heterocycles. The zero-order valence-electron chi connectivity index (χ0n) is 17.9. The Kier molecular flexibility index (Phi) is 12.1. The molecule has 5 rings (SSSR count). The molecule has 4 heteroatoms. The second-order valence-electron chi connectivity index (χ2n) is 7.22. The van der Waals surface area contributed by atoms with Crippen LogP contribution in [0.5, 0.6) is 0 Å². The van der Waals surface area contributed by atoms with Gasteiger partial charge in [0.1, 0.15) is 0 Å². The van der Waals surface area contributed by atoms with E-state index in [-0.39, 0.29) is 9.41 Å². The molecule has 0 saturated carbocycles. The van der Waals surface area contributed by atoms with Gasteiger partial charge in [-0.2, -0.15) is 12.1 Å². The first-order valence-electron chi connectivity index (χ1n) is 9.93. The van der Waals surface area contributed by atoms with Crippen molar-refractivity contribution in [3.63, 3.8) is 0 Å². The van der Waals surface area contributed by atoms with Crippen molar-refractivity contribution in [2.24, 2.45) is 0 Å². The molecule has 0 unspecified atom stereocenters. The van der Waals surface area contributed by atoms with Gasteiger partial charge in [-0.25, -0.2) is 0 Å². The van der Waals surface area contributed by atoms with Gasteiger partial charge in [0.15, 0.2) is 0 Å². The summed E-state index contributed by atoms with van der Waals surface area (Å²) in [7, 11) is 0. The van der Waals surface area contributed by atoms with Crippen LogP contribution in [-0.2, 0) is 29.4 Å². The summed E-state index contributed by atoms with van der Waals surface area (Å²) >= 11 is 1.72. The van der Waals surface area contributed by atoms with Crippen LogP contribution in [0.3, 0.4) is 0 Å². The quantitative estimate of drug-likeness (QED) is 0.245. The van der Waals surface area contributed by atoms with Gasteiger partial charge in [-0.3, -0.25) is 0 Å². The van der Waals surface area contributed by atoms with Crippen LogP contribution in [0.1, 0.15) is 16.7 Å². The van der Waals surface area contributed by atoms with Gasteiger partial charge in [-0.1, -0.05) is 26.0 Å². The molecule has 0 heterocycles. The Balaban J connectivity index is 0.000000226. The molecule has 5 aromatic rings. The third-order valence-corrected chi connectivity index (χ3v) is 6.89. The molecular weight excluding hydrogens is 482 g/mol. The van der Waals surface area contributed by atoms with Gasteiger partial charge < -0.3 is 9.41 Å². The predicted molar refractivity (Wildman–Crippen MR) is 126 cm³/mol. The van der Waals surface area contributed by atoms with E-state index in [1.54, 1.807) is 23.3 Å². The molecule has 31 heavy (non-hydrogen) atoms. The van der Waals surface area contributed by atoms with Gasteiger partial charge in [0.2, 0.25) is 0 Å². The van der Waals surface area contributed by atoms with Crippen LogP contribution in [0.25, 0.3) is 21.5 Å². The number of halogens is 2. The van der Waals surface area contributed by atoms with Crippen molar-refractivity contribution in [2.75, 3.05) is 0 Å². The molecule has 0 aliphatic heterocycles. The molecule has 5 aromatic carbocycles. The summed E-state index contributed by atoms with van der Waals surface area (Å²) in [6, 6.07) is 37.7. The van der Waals surface area contributed by atoms with Crippen molar-refractivity contribution in [1.82, 2.24) is 0 Å². The number of hydrogen-bond donors (Lipinski definition) is 0. The maximum absolute atomic E-state index is 2.21. The molecule has 0 fully saturated rings. The summed E-state index contributed by atoms with van der Waals surface area (Å²) in [5, 5.41) is 5.39. The number of hydrogen-bond acceptors (Lipinski definition) is 0. The second kappa shape index (κ2) is 14.0. The van der Waals surface area contributed by atoms with E-state index in [1.807, 2.05) is 0 Å². The van der Waals surface area contributed by atoms with Crippen LogP contribution in [0, 0.1) is 13.8 Å². The zero-order valence-corrected chi connectivity index (χ0v) is 21.5. The van der Waals surface area contributed by atoms with Crippen molar-refractivity contribution in [2.45, 2.75) is 19.9 Å². The molecule has 0 aliphatic carbocycles. The summed E-state index contributed by atoms with van der Waals surface area (Å²) in [4.78, 5) is 0. The fourth-order valence-corrected chi connectivity index (χ4v) is 5.59. The van der Waals surface area contributed by atoms with Crippen LogP contribution in [-0.4, -0.2) is 6.16 Å². The van der Waals surface area contributed by atoms with Gasteiger partial charge in [-0.05, 0) is 0 Å². The predicted octanol–water partition coefficient (Wildman–Crippen LogP) is 0.827. The minimum absolute atomic E-state index is 0. The van der Waals surface area contributed by atoms with Gasteiger partial charge in [0, 0.05) is 0 Å². The Morgan fingerprint density at radius 3 is 1.48 bits per heavy atom. The fraction of sp³-hybridized carbons (Fsp3) is 0.111. The summed E-state index contributed by atoms with van der Waals surface area (Å²) in [5.41, 5.74) is 4.20. The maximum atomic E-state index is 2.21. The van der Waals surface area contributed by atoms with Gasteiger partial charge in [-0.15, -0.1) is 81.2 Å². The molecule has 0 aromatic heterocycles. The Morgan fingerprint density at radius 1 is 0.645 bits per heavy atom. The Bertz CT molecular complexity index is 1040. The number of fused-ring (bicyclic) bond motifs is 2. The first-order chi connectivity index (χ1) is 14.2. The summed E-state index contributed by atoms with van der Waals surface area (Å²) in [6.07, 6.45) is 0.715. The van der Waals surface area contributed by atoms with E-state index in [9.17, 15) is 0 Å². The second-order valence-corrected chi connectivity index (χ2v) is 11.0. The van der Waals surface area contributed by atoms with Crippen molar-refractivity contribution in [3.8, 4) is 0 Å². The average molecular weight is 508 g/mol. The molecule has 0 amide bonds. The van der Waals surface area contributed by atoms with Gasteiger partial charge in [0.25, 0.3) is 0 Å². The molecule has 158 valence electrons. The van der Waals surface area contributed by atoms with E-state index in [0.717, 1.165) is 0 Å². The molecule has 0 atom stereocenters. The van der Waals surface area contributed by atoms with E-state index in [1.165, 1.54) is 44.3 Å². The standard InChI is InChI=1S/2C10H9.C7H8Si.2FH.Zr/c2*1-8-6-9-4-2-3-5-10(9)7-8;8-6-7-4-2-1-3-5-7;;;/h2*2-7H,1H3;1-5,8H,6H2;2*1H;/q2*-1;;;;+2/p-2. The number of aryl methyl sites for hydroxylation is 2. The van der Waals surface area contributed by atoms with Crippen LogP contribution in [0.4, 0.5) is 0 Å². The summed E-state index contributed by atoms with van der Waals surface area (Å²) in [6.45, 7) is 4.25. The van der Waals surface area contributed by atoms with Gasteiger partial charge in [0.05, 0.1) is 0 Å². The average Bonchev–Trinajstić information content (AvgIpc) is 3.30. The molecule has 0 nitrogen and oxygen atoms in total. The van der Waals surface area contributed by atoms with E-state index >= 15 is 0 Å². The Hall–Kier alpha value is -2.16. The minimum atomic E-state index is 0. The molecule has 0 spiro atoms. The molecule has 0 bridgehead atoms. The van der Waals surface area contributed by atoms with Crippen molar-refractivity contribution in [3.05, 3.63) is 120 Å². The third-order valence-electron chi connectivity index (χ3n) is 4.71. The summed E-state index contributed by atoms with van der Waals surface area (Å²) in [5.74, 6) is 0. The first-order valence-corrected chi connectivity index (χ1v) is 15.6. The van der Waals surface area contributed by atoms with E-state index in [4.69, 9.17) is 0 Å². The van der Waals surface area contributed by atoms with E-state index < -0.39 is 0 Å². The SMILES string of the molecule is Cc1cc2ccccc2[cH-]1.Cc1cc2ccccc2[cH-]1.[F-].[F-].[Zr+2]=[SiH]Cc1ccccc1. The topological polar surface area (TPSA) is 0 Å². The monoisotopic (exact) mass is 506 g/mol. The molecular formula is C27H26F2SiZr-2. The van der Waals surface area contributed by atoms with Crippen LogP contribution >= 0.6 is 0 Å². The normalized spacial score (nSPS) is 9.42. The molecule has 0 radical (unpaired) electrons. The van der Waals surface area contributed by atoms with Gasteiger partial charge >= 0.3 is 71.4 Å². The van der Waals surface area contributed by atoms with Crippen molar-refractivity contribution < 1.29 is 32.7 Å². The Labute approximate surface area is 199 Å². The van der Waals surface area contributed by atoms with Crippen LogP contribution in [0.2, 0.25) is 0 Å². The first kappa shape index (κ1) is 26.9. The molecule has 0 N–H and O–H groups in total. The van der Waals surface area contributed by atoms with Crippen molar-refractivity contribution >= 4 is 27.7 Å². The van der Waals surface area contributed by atoms with Crippen LogP contribution < -0.4 is 9.41 Å². The number of benzene rings is 3. The van der Waals surface area contributed by atoms with E-state index in [0.29, 0.717) is 6.16 Å². The van der Waals surface area contributed by atoms with Crippen LogP contribution in [0.15, 0.2) is 103 Å². The Morgan fingerprint density at radius 2 is 1.06 bits per heavy atom. The van der Waals surface area contributed by atoms with E-state index in [2.05, 4.69) is 117 Å². The van der Waals surface area contributed by atoms with Crippen molar-refractivity contribution in [1.29, 1.82) is 0 Å². The fourth-order valence-electron chi connectivity index (χ4n) is 3.34. The summed E-state index contributed by atoms with van der Waals surface area (Å²) < 4.78 is 0. The number of rotatable bonds is 2. The molecule has 0 aliphatic rings. The third kappa shape index (κ3) is 8.47. The zero-order chi connectivity index (χ0) is 20.5.